The first-order valence-corrected chi connectivity index (χ1v) is 9.86. The van der Waals surface area contributed by atoms with Gasteiger partial charge in [-0.05, 0) is 37.1 Å². The van der Waals surface area contributed by atoms with Crippen molar-refractivity contribution in [3.63, 3.8) is 0 Å². The maximum absolute atomic E-state index is 12.4. The number of urea groups is 1. The van der Waals surface area contributed by atoms with E-state index in [1.165, 1.54) is 18.2 Å². The number of aryl methyl sites for hydroxylation is 2. The summed E-state index contributed by atoms with van der Waals surface area (Å²) in [6.45, 7) is 4.10. The van der Waals surface area contributed by atoms with Crippen molar-refractivity contribution in [2.45, 2.75) is 31.3 Å². The van der Waals surface area contributed by atoms with Gasteiger partial charge in [-0.3, -0.25) is 14.9 Å². The van der Waals surface area contributed by atoms with Crippen molar-refractivity contribution in [2.24, 2.45) is 0 Å². The minimum atomic E-state index is -1.18. The van der Waals surface area contributed by atoms with Crippen LogP contribution in [0.5, 0.6) is 0 Å². The molecule has 0 saturated heterocycles. The van der Waals surface area contributed by atoms with Crippen LogP contribution in [0.1, 0.15) is 29.2 Å². The van der Waals surface area contributed by atoms with E-state index in [4.69, 9.17) is 4.74 Å². The van der Waals surface area contributed by atoms with Gasteiger partial charge < -0.3 is 10.1 Å². The average molecular weight is 401 g/mol. The third-order valence-electron chi connectivity index (χ3n) is 4.11. The second kappa shape index (κ2) is 10.5. The summed E-state index contributed by atoms with van der Waals surface area (Å²) < 4.78 is 5.38. The zero-order valence-corrected chi connectivity index (χ0v) is 17.0. The number of ether oxygens (including phenoxy) is 1. The van der Waals surface area contributed by atoms with Crippen LogP contribution in [0.4, 0.5) is 4.79 Å². The van der Waals surface area contributed by atoms with Crippen LogP contribution in [0.3, 0.4) is 0 Å². The predicted octanol–water partition coefficient (Wildman–Crippen LogP) is 3.53. The van der Waals surface area contributed by atoms with Gasteiger partial charge in [-0.25, -0.2) is 4.79 Å². The molecule has 2 rings (SSSR count). The molecule has 6 nitrogen and oxygen atoms in total. The van der Waals surface area contributed by atoms with Gasteiger partial charge in [0.2, 0.25) is 6.10 Å². The number of thioether (sulfide) groups is 1. The predicted molar refractivity (Wildman–Crippen MR) is 109 cm³/mol. The number of imide groups is 1. The summed E-state index contributed by atoms with van der Waals surface area (Å²) in [6, 6.07) is 14.1. The minimum absolute atomic E-state index is 0.147. The molecule has 2 aromatic rings. The Hall–Kier alpha value is -2.80. The SMILES string of the molecule is CNC(=O)NC(=O)[C@H](OC(=O)CCSc1ccc(C)c(C)c1)c1ccccc1. The number of carbonyl (C=O) groups is 3. The highest BCUT2D eigenvalue weighted by atomic mass is 32.2. The number of nitrogens with one attached hydrogen (secondary N) is 2. The molecule has 3 amide bonds. The minimum Gasteiger partial charge on any atom is -0.447 e. The summed E-state index contributed by atoms with van der Waals surface area (Å²) in [7, 11) is 1.40. The van der Waals surface area contributed by atoms with Gasteiger partial charge in [0.25, 0.3) is 5.91 Å². The van der Waals surface area contributed by atoms with Crippen LogP contribution in [0.25, 0.3) is 0 Å². The standard InChI is InChI=1S/C21H24N2O4S/c1-14-9-10-17(13-15(14)2)28-12-11-18(24)27-19(16-7-5-4-6-8-16)20(25)23-21(26)22-3/h4-10,13,19H,11-12H2,1-3H3,(H2,22,23,25,26)/t19-/m1/s1. The average Bonchev–Trinajstić information content (AvgIpc) is 2.69. The highest BCUT2D eigenvalue weighted by Gasteiger charge is 2.26. The van der Waals surface area contributed by atoms with Gasteiger partial charge in [-0.2, -0.15) is 0 Å². The first-order chi connectivity index (χ1) is 13.4. The molecule has 0 aliphatic rings. The Labute approximate surface area is 169 Å². The molecule has 0 unspecified atom stereocenters. The molecule has 0 radical (unpaired) electrons. The molecule has 148 valence electrons. The largest absolute Gasteiger partial charge is 0.447 e. The zero-order chi connectivity index (χ0) is 20.5. The Morgan fingerprint density at radius 3 is 2.39 bits per heavy atom. The molecule has 7 heteroatoms. The van der Waals surface area contributed by atoms with Crippen LogP contribution in [-0.4, -0.2) is 30.7 Å². The van der Waals surface area contributed by atoms with Gasteiger partial charge in [-0.15, -0.1) is 11.8 Å². The van der Waals surface area contributed by atoms with E-state index in [0.29, 0.717) is 11.3 Å². The summed E-state index contributed by atoms with van der Waals surface area (Å²) in [5.41, 5.74) is 2.92. The summed E-state index contributed by atoms with van der Waals surface area (Å²) in [5, 5.41) is 4.46. The molecule has 1 atom stereocenters. The molecule has 0 aliphatic carbocycles. The van der Waals surface area contributed by atoms with E-state index in [1.54, 1.807) is 42.1 Å². The molecular formula is C21H24N2O4S. The Kier molecular flexibility index (Phi) is 8.07. The van der Waals surface area contributed by atoms with Gasteiger partial charge in [-0.1, -0.05) is 36.4 Å². The van der Waals surface area contributed by atoms with Crippen molar-refractivity contribution in [3.8, 4) is 0 Å². The van der Waals surface area contributed by atoms with Crippen molar-refractivity contribution < 1.29 is 19.1 Å². The van der Waals surface area contributed by atoms with Gasteiger partial charge in [0, 0.05) is 23.3 Å². The van der Waals surface area contributed by atoms with E-state index in [9.17, 15) is 14.4 Å². The Morgan fingerprint density at radius 2 is 1.75 bits per heavy atom. The smallest absolute Gasteiger partial charge is 0.321 e. The summed E-state index contributed by atoms with van der Waals surface area (Å²) in [4.78, 5) is 37.2. The van der Waals surface area contributed by atoms with Crippen LogP contribution in [0.2, 0.25) is 0 Å². The fourth-order valence-electron chi connectivity index (χ4n) is 2.39. The lowest BCUT2D eigenvalue weighted by Crippen LogP contribution is -2.41. The van der Waals surface area contributed by atoms with Gasteiger partial charge in [0.1, 0.15) is 0 Å². The summed E-state index contributed by atoms with van der Waals surface area (Å²) in [5.74, 6) is -0.669. The van der Waals surface area contributed by atoms with Crippen LogP contribution >= 0.6 is 11.8 Å². The number of carbonyl (C=O) groups excluding carboxylic acids is 3. The molecular weight excluding hydrogens is 376 g/mol. The number of esters is 1. The second-order valence-electron chi connectivity index (χ2n) is 6.19. The van der Waals surface area contributed by atoms with Crippen LogP contribution in [-0.2, 0) is 14.3 Å². The van der Waals surface area contributed by atoms with E-state index in [1.807, 2.05) is 19.1 Å². The topological polar surface area (TPSA) is 84.5 Å². The molecule has 0 aliphatic heterocycles. The van der Waals surface area contributed by atoms with Crippen molar-refractivity contribution in [1.29, 1.82) is 0 Å². The number of amides is 3. The molecule has 28 heavy (non-hydrogen) atoms. The fraction of sp³-hybridized carbons (Fsp3) is 0.286. The van der Waals surface area contributed by atoms with Crippen LogP contribution in [0.15, 0.2) is 53.4 Å². The lowest BCUT2D eigenvalue weighted by atomic mass is 10.1. The summed E-state index contributed by atoms with van der Waals surface area (Å²) >= 11 is 1.55. The van der Waals surface area contributed by atoms with Crippen molar-refractivity contribution >= 4 is 29.7 Å². The molecule has 2 N–H and O–H groups in total. The lowest BCUT2D eigenvalue weighted by Gasteiger charge is -2.17. The molecule has 0 aromatic heterocycles. The molecule has 0 saturated carbocycles. The van der Waals surface area contributed by atoms with E-state index in [-0.39, 0.29) is 6.42 Å². The van der Waals surface area contributed by atoms with Gasteiger partial charge in [0.05, 0.1) is 6.42 Å². The van der Waals surface area contributed by atoms with Crippen molar-refractivity contribution in [3.05, 3.63) is 65.2 Å². The van der Waals surface area contributed by atoms with Crippen molar-refractivity contribution in [1.82, 2.24) is 10.6 Å². The number of rotatable bonds is 7. The normalized spacial score (nSPS) is 11.4. The van der Waals surface area contributed by atoms with Gasteiger partial charge >= 0.3 is 12.0 Å². The molecule has 0 bridgehead atoms. The fourth-order valence-corrected chi connectivity index (χ4v) is 3.32. The number of hydrogen-bond acceptors (Lipinski definition) is 5. The van der Waals surface area contributed by atoms with Crippen molar-refractivity contribution in [2.75, 3.05) is 12.8 Å². The maximum Gasteiger partial charge on any atom is 0.321 e. The molecule has 0 heterocycles. The van der Waals surface area contributed by atoms with E-state index >= 15 is 0 Å². The highest BCUT2D eigenvalue weighted by Crippen LogP contribution is 2.23. The first-order valence-electron chi connectivity index (χ1n) is 8.87. The number of hydrogen-bond donors (Lipinski definition) is 2. The lowest BCUT2D eigenvalue weighted by molar-refractivity contribution is -0.155. The third kappa shape index (κ3) is 6.42. The van der Waals surface area contributed by atoms with E-state index in [2.05, 4.69) is 23.6 Å². The monoisotopic (exact) mass is 400 g/mol. The first kappa shape index (κ1) is 21.5. The van der Waals surface area contributed by atoms with Crippen LogP contribution < -0.4 is 10.6 Å². The molecule has 0 fully saturated rings. The Bertz CT molecular complexity index is 840. The van der Waals surface area contributed by atoms with Gasteiger partial charge in [0.15, 0.2) is 0 Å². The molecule has 2 aromatic carbocycles. The Morgan fingerprint density at radius 1 is 1.04 bits per heavy atom. The quantitative estimate of drug-likeness (QED) is 0.549. The van der Waals surface area contributed by atoms with E-state index < -0.39 is 24.0 Å². The second-order valence-corrected chi connectivity index (χ2v) is 7.36. The number of benzene rings is 2. The highest BCUT2D eigenvalue weighted by molar-refractivity contribution is 7.99. The van der Waals surface area contributed by atoms with E-state index in [0.717, 1.165) is 4.90 Å². The maximum atomic E-state index is 12.4. The van der Waals surface area contributed by atoms with Crippen LogP contribution in [0, 0.1) is 13.8 Å². The summed E-state index contributed by atoms with van der Waals surface area (Å²) in [6.07, 6.45) is -1.04. The molecule has 0 spiro atoms. The third-order valence-corrected chi connectivity index (χ3v) is 5.10. The zero-order valence-electron chi connectivity index (χ0n) is 16.2. The Balaban J connectivity index is 1.96.